The lowest BCUT2D eigenvalue weighted by Gasteiger charge is -2.39. The van der Waals surface area contributed by atoms with Crippen molar-refractivity contribution in [2.75, 3.05) is 32.7 Å². The number of nitrogens with one attached hydrogen (secondary N) is 1. The zero-order valence-corrected chi connectivity index (χ0v) is 9.54. The van der Waals surface area contributed by atoms with Crippen LogP contribution in [0.3, 0.4) is 0 Å². The molecule has 2 fully saturated rings. The highest BCUT2D eigenvalue weighted by Crippen LogP contribution is 2.16. The standard InChI is InChI=1S/C11H21N3O/c1-2-14-11(15)4-3-7-13(14)9-10-5-6-12-8-10/h10,12H,2-9H2,1H3. The highest BCUT2D eigenvalue weighted by molar-refractivity contribution is 5.76. The molecule has 0 radical (unpaired) electrons. The van der Waals surface area contributed by atoms with E-state index >= 15 is 0 Å². The maximum absolute atomic E-state index is 11.7. The summed E-state index contributed by atoms with van der Waals surface area (Å²) in [6, 6.07) is 0. The van der Waals surface area contributed by atoms with Gasteiger partial charge in [0, 0.05) is 26.1 Å². The summed E-state index contributed by atoms with van der Waals surface area (Å²) in [6.45, 7) is 7.23. The lowest BCUT2D eigenvalue weighted by Crippen LogP contribution is -2.52. The maximum atomic E-state index is 11.7. The minimum absolute atomic E-state index is 0.301. The molecule has 2 aliphatic rings. The summed E-state index contributed by atoms with van der Waals surface area (Å²) in [6.07, 6.45) is 3.00. The van der Waals surface area contributed by atoms with Crippen molar-refractivity contribution in [2.45, 2.75) is 26.2 Å². The van der Waals surface area contributed by atoms with Crippen LogP contribution in [-0.4, -0.2) is 48.6 Å². The summed E-state index contributed by atoms with van der Waals surface area (Å²) in [7, 11) is 0. The molecule has 0 spiro atoms. The lowest BCUT2D eigenvalue weighted by atomic mass is 10.1. The van der Waals surface area contributed by atoms with E-state index in [0.717, 1.165) is 51.5 Å². The van der Waals surface area contributed by atoms with Gasteiger partial charge in [0.15, 0.2) is 0 Å². The summed E-state index contributed by atoms with van der Waals surface area (Å²) >= 11 is 0. The Labute approximate surface area is 91.6 Å². The van der Waals surface area contributed by atoms with E-state index in [1.165, 1.54) is 6.42 Å². The van der Waals surface area contributed by atoms with Crippen LogP contribution in [0.25, 0.3) is 0 Å². The molecule has 1 unspecified atom stereocenters. The molecule has 2 saturated heterocycles. The molecule has 0 bridgehead atoms. The van der Waals surface area contributed by atoms with Crippen LogP contribution in [0.2, 0.25) is 0 Å². The second-order valence-corrected chi connectivity index (χ2v) is 4.48. The van der Waals surface area contributed by atoms with Gasteiger partial charge in [0.1, 0.15) is 0 Å². The fourth-order valence-corrected chi connectivity index (χ4v) is 2.55. The van der Waals surface area contributed by atoms with Gasteiger partial charge in [-0.2, -0.15) is 0 Å². The molecule has 2 aliphatic heterocycles. The first-order valence-corrected chi connectivity index (χ1v) is 6.07. The molecule has 2 heterocycles. The number of amides is 1. The van der Waals surface area contributed by atoms with Crippen LogP contribution in [-0.2, 0) is 4.79 Å². The summed E-state index contributed by atoms with van der Waals surface area (Å²) in [5.74, 6) is 1.03. The number of carbonyl (C=O) groups is 1. The quantitative estimate of drug-likeness (QED) is 0.736. The van der Waals surface area contributed by atoms with Crippen molar-refractivity contribution < 1.29 is 4.79 Å². The van der Waals surface area contributed by atoms with Crippen molar-refractivity contribution in [3.63, 3.8) is 0 Å². The second kappa shape index (κ2) is 4.94. The van der Waals surface area contributed by atoms with Gasteiger partial charge in [0.2, 0.25) is 5.91 Å². The van der Waals surface area contributed by atoms with Crippen molar-refractivity contribution in [3.8, 4) is 0 Å². The van der Waals surface area contributed by atoms with Crippen LogP contribution in [0.1, 0.15) is 26.2 Å². The van der Waals surface area contributed by atoms with Gasteiger partial charge >= 0.3 is 0 Å². The van der Waals surface area contributed by atoms with E-state index in [1.54, 1.807) is 0 Å². The molecule has 0 aromatic carbocycles. The number of rotatable bonds is 3. The molecule has 1 N–H and O–H groups in total. The predicted molar refractivity (Wildman–Crippen MR) is 59.2 cm³/mol. The number of hydrazine groups is 1. The summed E-state index contributed by atoms with van der Waals surface area (Å²) < 4.78 is 0. The first kappa shape index (κ1) is 10.9. The Morgan fingerprint density at radius 1 is 1.53 bits per heavy atom. The SMILES string of the molecule is CCN1C(=O)CCCN1CC1CCNC1. The summed E-state index contributed by atoms with van der Waals surface area (Å²) in [5.41, 5.74) is 0. The highest BCUT2D eigenvalue weighted by atomic mass is 16.2. The average Bonchev–Trinajstić information content (AvgIpc) is 2.71. The van der Waals surface area contributed by atoms with Crippen LogP contribution in [0.4, 0.5) is 0 Å². The second-order valence-electron chi connectivity index (χ2n) is 4.48. The topological polar surface area (TPSA) is 35.6 Å². The van der Waals surface area contributed by atoms with Gasteiger partial charge in [-0.15, -0.1) is 0 Å². The predicted octanol–water partition coefficient (Wildman–Crippen LogP) is 0.455. The van der Waals surface area contributed by atoms with Crippen molar-refractivity contribution in [3.05, 3.63) is 0 Å². The molecule has 0 aromatic rings. The molecule has 0 aliphatic carbocycles. The first-order valence-electron chi connectivity index (χ1n) is 6.07. The zero-order valence-electron chi connectivity index (χ0n) is 9.54. The molecule has 4 nitrogen and oxygen atoms in total. The van der Waals surface area contributed by atoms with Crippen molar-refractivity contribution in [2.24, 2.45) is 5.92 Å². The third kappa shape index (κ3) is 2.49. The monoisotopic (exact) mass is 211 g/mol. The molecular formula is C11H21N3O. The first-order chi connectivity index (χ1) is 7.31. The number of carbonyl (C=O) groups excluding carboxylic acids is 1. The molecule has 1 atom stereocenters. The molecular weight excluding hydrogens is 190 g/mol. The van der Waals surface area contributed by atoms with Gasteiger partial charge < -0.3 is 5.32 Å². The van der Waals surface area contributed by atoms with Gasteiger partial charge in [0.25, 0.3) is 0 Å². The van der Waals surface area contributed by atoms with E-state index in [2.05, 4.69) is 17.2 Å². The molecule has 4 heteroatoms. The molecule has 1 amide bonds. The number of hydrogen-bond acceptors (Lipinski definition) is 3. The van der Waals surface area contributed by atoms with Gasteiger partial charge in [-0.05, 0) is 38.8 Å². The van der Waals surface area contributed by atoms with Crippen LogP contribution >= 0.6 is 0 Å². The van der Waals surface area contributed by atoms with Crippen LogP contribution in [0, 0.1) is 5.92 Å². The lowest BCUT2D eigenvalue weighted by molar-refractivity contribution is -0.155. The Morgan fingerprint density at radius 3 is 3.07 bits per heavy atom. The van der Waals surface area contributed by atoms with E-state index in [-0.39, 0.29) is 0 Å². The van der Waals surface area contributed by atoms with Gasteiger partial charge in [0.05, 0.1) is 0 Å². The normalized spacial score (nSPS) is 28.7. The average molecular weight is 211 g/mol. The minimum Gasteiger partial charge on any atom is -0.316 e. The van der Waals surface area contributed by atoms with E-state index in [0.29, 0.717) is 5.91 Å². The van der Waals surface area contributed by atoms with Crippen molar-refractivity contribution in [1.82, 2.24) is 15.3 Å². The van der Waals surface area contributed by atoms with Crippen LogP contribution in [0.15, 0.2) is 0 Å². The number of hydrogen-bond donors (Lipinski definition) is 1. The van der Waals surface area contributed by atoms with E-state index in [1.807, 2.05) is 5.01 Å². The Hall–Kier alpha value is -0.610. The Balaban J connectivity index is 1.90. The molecule has 2 rings (SSSR count). The van der Waals surface area contributed by atoms with Crippen molar-refractivity contribution >= 4 is 5.91 Å². The van der Waals surface area contributed by atoms with E-state index in [4.69, 9.17) is 0 Å². The fraction of sp³-hybridized carbons (Fsp3) is 0.909. The third-order valence-corrected chi connectivity index (χ3v) is 3.37. The fourth-order valence-electron chi connectivity index (χ4n) is 2.55. The van der Waals surface area contributed by atoms with Gasteiger partial charge in [-0.1, -0.05) is 0 Å². The van der Waals surface area contributed by atoms with Crippen LogP contribution < -0.4 is 5.32 Å². The maximum Gasteiger partial charge on any atom is 0.236 e. The van der Waals surface area contributed by atoms with E-state index in [9.17, 15) is 4.79 Å². The molecule has 0 saturated carbocycles. The molecule has 15 heavy (non-hydrogen) atoms. The highest BCUT2D eigenvalue weighted by Gasteiger charge is 2.27. The van der Waals surface area contributed by atoms with E-state index < -0.39 is 0 Å². The molecule has 0 aromatic heterocycles. The van der Waals surface area contributed by atoms with Gasteiger partial charge in [-0.25, -0.2) is 5.01 Å². The third-order valence-electron chi connectivity index (χ3n) is 3.37. The van der Waals surface area contributed by atoms with Crippen LogP contribution in [0.5, 0.6) is 0 Å². The number of nitrogens with zero attached hydrogens (tertiary/aromatic N) is 2. The molecule has 86 valence electrons. The largest absolute Gasteiger partial charge is 0.316 e. The Bertz CT molecular complexity index is 226. The summed E-state index contributed by atoms with van der Waals surface area (Å²) in [4.78, 5) is 11.7. The Kier molecular flexibility index (Phi) is 3.59. The minimum atomic E-state index is 0.301. The Morgan fingerprint density at radius 2 is 2.40 bits per heavy atom. The van der Waals surface area contributed by atoms with Gasteiger partial charge in [-0.3, -0.25) is 9.80 Å². The van der Waals surface area contributed by atoms with Crippen molar-refractivity contribution in [1.29, 1.82) is 0 Å². The smallest absolute Gasteiger partial charge is 0.236 e. The summed E-state index contributed by atoms with van der Waals surface area (Å²) in [5, 5.41) is 7.56. The zero-order chi connectivity index (χ0) is 10.7.